The summed E-state index contributed by atoms with van der Waals surface area (Å²) in [7, 11) is 3.14. The molecular formula is C19H25N5O4S. The first kappa shape index (κ1) is 19.8. The zero-order valence-electron chi connectivity index (χ0n) is 16.6. The highest BCUT2D eigenvalue weighted by Gasteiger charge is 2.32. The zero-order valence-corrected chi connectivity index (χ0v) is 17.4. The fourth-order valence-electron chi connectivity index (χ4n) is 3.24. The molecule has 1 aromatic carbocycles. The molecule has 2 heterocycles. The number of nitrogens with zero attached hydrogens (tertiary/aromatic N) is 4. The van der Waals surface area contributed by atoms with Gasteiger partial charge in [-0.1, -0.05) is 11.8 Å². The van der Waals surface area contributed by atoms with Gasteiger partial charge in [0.25, 0.3) is 0 Å². The molecule has 4 rings (SSSR count). The summed E-state index contributed by atoms with van der Waals surface area (Å²) < 4.78 is 18.1. The van der Waals surface area contributed by atoms with E-state index in [4.69, 9.17) is 14.2 Å². The van der Waals surface area contributed by atoms with E-state index in [0.717, 1.165) is 37.0 Å². The number of aromatic nitrogens is 3. The van der Waals surface area contributed by atoms with Crippen LogP contribution in [0, 0.1) is 0 Å². The number of hydrogen-bond donors (Lipinski definition) is 1. The van der Waals surface area contributed by atoms with E-state index in [1.54, 1.807) is 32.4 Å². The largest absolute Gasteiger partial charge is 0.493 e. The van der Waals surface area contributed by atoms with Crippen LogP contribution in [0.1, 0.15) is 18.9 Å². The number of carbonyl (C=O) groups is 1. The number of hydrogen-bond acceptors (Lipinski definition) is 8. The molecule has 29 heavy (non-hydrogen) atoms. The molecular weight excluding hydrogens is 394 g/mol. The number of thioether (sulfide) groups is 1. The topological polar surface area (TPSA) is 90.7 Å². The quantitative estimate of drug-likeness (QED) is 0.651. The Kier molecular flexibility index (Phi) is 6.10. The van der Waals surface area contributed by atoms with Gasteiger partial charge in [-0.3, -0.25) is 9.36 Å². The lowest BCUT2D eigenvalue weighted by Crippen LogP contribution is -2.38. The Labute approximate surface area is 173 Å². The molecule has 2 aromatic rings. The van der Waals surface area contributed by atoms with Crippen LogP contribution in [0.25, 0.3) is 0 Å². The normalized spacial score (nSPS) is 16.6. The number of morpholine rings is 1. The second-order valence-corrected chi connectivity index (χ2v) is 7.83. The van der Waals surface area contributed by atoms with Crippen LogP contribution in [0.15, 0.2) is 23.4 Å². The molecule has 1 saturated heterocycles. The van der Waals surface area contributed by atoms with Crippen LogP contribution in [-0.2, 0) is 9.53 Å². The molecule has 1 aliphatic carbocycles. The molecule has 2 fully saturated rings. The van der Waals surface area contributed by atoms with Gasteiger partial charge in [-0.25, -0.2) is 0 Å². The lowest BCUT2D eigenvalue weighted by atomic mass is 10.2. The number of methoxy groups -OCH3 is 2. The summed E-state index contributed by atoms with van der Waals surface area (Å²) in [6, 6.07) is 5.72. The second kappa shape index (κ2) is 8.91. The number of amides is 1. The Morgan fingerprint density at radius 3 is 2.66 bits per heavy atom. The summed E-state index contributed by atoms with van der Waals surface area (Å²) in [5, 5.41) is 12.4. The second-order valence-electron chi connectivity index (χ2n) is 6.89. The molecule has 1 N–H and O–H groups in total. The molecule has 1 amide bonds. The SMILES string of the molecule is COc1ccc(NC(=O)CSc2nnc(N3CCOCC3)n2C2CC2)cc1OC. The van der Waals surface area contributed by atoms with Crippen molar-refractivity contribution < 1.29 is 19.0 Å². The van der Waals surface area contributed by atoms with Crippen molar-refractivity contribution in [2.75, 3.05) is 56.5 Å². The van der Waals surface area contributed by atoms with Gasteiger partial charge in [0.2, 0.25) is 11.9 Å². The third-order valence-electron chi connectivity index (χ3n) is 4.85. The highest BCUT2D eigenvalue weighted by molar-refractivity contribution is 7.99. The maximum atomic E-state index is 12.5. The van der Waals surface area contributed by atoms with Gasteiger partial charge in [0.1, 0.15) is 0 Å². The Hall–Kier alpha value is -2.46. The molecule has 0 bridgehead atoms. The fraction of sp³-hybridized carbons (Fsp3) is 0.526. The first-order chi connectivity index (χ1) is 14.2. The summed E-state index contributed by atoms with van der Waals surface area (Å²) in [4.78, 5) is 14.7. The van der Waals surface area contributed by atoms with Crippen LogP contribution in [0.5, 0.6) is 11.5 Å². The van der Waals surface area contributed by atoms with E-state index < -0.39 is 0 Å². The van der Waals surface area contributed by atoms with E-state index in [2.05, 4.69) is 25.0 Å². The molecule has 156 valence electrons. The van der Waals surface area contributed by atoms with Gasteiger partial charge in [-0.2, -0.15) is 0 Å². The van der Waals surface area contributed by atoms with E-state index in [1.807, 2.05) is 0 Å². The first-order valence-corrected chi connectivity index (χ1v) is 10.6. The number of carbonyl (C=O) groups excluding carboxylic acids is 1. The number of anilines is 2. The molecule has 1 aliphatic heterocycles. The summed E-state index contributed by atoms with van der Waals surface area (Å²) in [6.45, 7) is 3.03. The van der Waals surface area contributed by atoms with Crippen molar-refractivity contribution >= 4 is 29.3 Å². The van der Waals surface area contributed by atoms with Crippen LogP contribution < -0.4 is 19.7 Å². The Balaban J connectivity index is 1.40. The predicted octanol–water partition coefficient (Wildman–Crippen LogP) is 2.20. The van der Waals surface area contributed by atoms with Crippen molar-refractivity contribution in [3.8, 4) is 11.5 Å². The van der Waals surface area contributed by atoms with Gasteiger partial charge >= 0.3 is 0 Å². The van der Waals surface area contributed by atoms with Crippen LogP contribution >= 0.6 is 11.8 Å². The number of nitrogens with one attached hydrogen (secondary N) is 1. The van der Waals surface area contributed by atoms with Crippen molar-refractivity contribution in [1.29, 1.82) is 0 Å². The standard InChI is InChI=1S/C19H25N5O4S/c1-26-15-6-3-13(11-16(15)27-2)20-17(25)12-29-19-22-21-18(24(19)14-4-5-14)23-7-9-28-10-8-23/h3,6,11,14H,4-5,7-10,12H2,1-2H3,(H,20,25). The van der Waals surface area contributed by atoms with Gasteiger partial charge in [0.15, 0.2) is 16.7 Å². The van der Waals surface area contributed by atoms with Crippen molar-refractivity contribution in [2.24, 2.45) is 0 Å². The molecule has 0 atom stereocenters. The molecule has 1 saturated carbocycles. The molecule has 0 spiro atoms. The van der Waals surface area contributed by atoms with Gasteiger partial charge in [-0.05, 0) is 25.0 Å². The zero-order chi connectivity index (χ0) is 20.2. The van der Waals surface area contributed by atoms with Gasteiger partial charge in [-0.15, -0.1) is 10.2 Å². The van der Waals surface area contributed by atoms with Crippen LogP contribution in [0.2, 0.25) is 0 Å². The van der Waals surface area contributed by atoms with Gasteiger partial charge < -0.3 is 24.4 Å². The summed E-state index contributed by atoms with van der Waals surface area (Å²) in [5.74, 6) is 2.22. The number of ether oxygens (including phenoxy) is 3. The number of rotatable bonds is 8. The molecule has 1 aromatic heterocycles. The number of benzene rings is 1. The van der Waals surface area contributed by atoms with E-state index in [1.165, 1.54) is 11.8 Å². The highest BCUT2D eigenvalue weighted by atomic mass is 32.2. The smallest absolute Gasteiger partial charge is 0.234 e. The van der Waals surface area contributed by atoms with Crippen LogP contribution in [0.3, 0.4) is 0 Å². The Morgan fingerprint density at radius 1 is 1.21 bits per heavy atom. The Bertz CT molecular complexity index is 864. The van der Waals surface area contributed by atoms with Crippen LogP contribution in [-0.4, -0.2) is 66.9 Å². The summed E-state index contributed by atoms with van der Waals surface area (Å²) in [5.41, 5.74) is 0.658. The maximum Gasteiger partial charge on any atom is 0.234 e. The fourth-order valence-corrected chi connectivity index (χ4v) is 4.04. The molecule has 9 nitrogen and oxygen atoms in total. The molecule has 10 heteroatoms. The third-order valence-corrected chi connectivity index (χ3v) is 5.80. The van der Waals surface area contributed by atoms with E-state index in [9.17, 15) is 4.79 Å². The molecule has 2 aliphatic rings. The maximum absolute atomic E-state index is 12.5. The minimum atomic E-state index is -0.111. The van der Waals surface area contributed by atoms with Crippen molar-refractivity contribution in [1.82, 2.24) is 14.8 Å². The summed E-state index contributed by atoms with van der Waals surface area (Å²) in [6.07, 6.45) is 2.25. The van der Waals surface area contributed by atoms with Crippen LogP contribution in [0.4, 0.5) is 11.6 Å². The lowest BCUT2D eigenvalue weighted by molar-refractivity contribution is -0.113. The van der Waals surface area contributed by atoms with E-state index in [0.29, 0.717) is 36.4 Å². The minimum absolute atomic E-state index is 0.111. The minimum Gasteiger partial charge on any atom is -0.493 e. The highest BCUT2D eigenvalue weighted by Crippen LogP contribution is 2.41. The average molecular weight is 420 g/mol. The Morgan fingerprint density at radius 2 is 1.97 bits per heavy atom. The van der Waals surface area contributed by atoms with Crippen molar-refractivity contribution in [3.63, 3.8) is 0 Å². The van der Waals surface area contributed by atoms with E-state index in [-0.39, 0.29) is 11.7 Å². The predicted molar refractivity (Wildman–Crippen MR) is 110 cm³/mol. The summed E-state index contributed by atoms with van der Waals surface area (Å²) >= 11 is 1.41. The molecule has 0 unspecified atom stereocenters. The van der Waals surface area contributed by atoms with E-state index >= 15 is 0 Å². The van der Waals surface area contributed by atoms with Crippen molar-refractivity contribution in [2.45, 2.75) is 24.0 Å². The first-order valence-electron chi connectivity index (χ1n) is 9.62. The average Bonchev–Trinajstić information content (AvgIpc) is 3.51. The van der Waals surface area contributed by atoms with Crippen molar-refractivity contribution in [3.05, 3.63) is 18.2 Å². The monoisotopic (exact) mass is 419 g/mol. The van der Waals surface area contributed by atoms with Gasteiger partial charge in [0, 0.05) is 30.9 Å². The lowest BCUT2D eigenvalue weighted by Gasteiger charge is -2.27. The third kappa shape index (κ3) is 4.59. The molecule has 0 radical (unpaired) electrons. The van der Waals surface area contributed by atoms with Gasteiger partial charge in [0.05, 0.1) is 33.2 Å².